The lowest BCUT2D eigenvalue weighted by Crippen LogP contribution is -2.37. The molecule has 0 aromatic heterocycles. The fourth-order valence-corrected chi connectivity index (χ4v) is 2.42. The van der Waals surface area contributed by atoms with Crippen molar-refractivity contribution in [1.82, 2.24) is 10.6 Å². The number of carbonyl (C=O) groups is 1. The molecule has 0 spiro atoms. The first-order valence-corrected chi connectivity index (χ1v) is 7.81. The summed E-state index contributed by atoms with van der Waals surface area (Å²) >= 11 is 0. The first-order chi connectivity index (χ1) is 11.0. The third-order valence-corrected chi connectivity index (χ3v) is 3.39. The fraction of sp³-hybridized carbons (Fsp3) is 0.316. The molecule has 0 bridgehead atoms. The lowest BCUT2D eigenvalue weighted by molar-refractivity contribution is 0.236. The van der Waals surface area contributed by atoms with Crippen LogP contribution in [0.2, 0.25) is 0 Å². The van der Waals surface area contributed by atoms with E-state index in [1.807, 2.05) is 51.1 Å². The second kappa shape index (κ2) is 8.22. The van der Waals surface area contributed by atoms with Crippen molar-refractivity contribution < 1.29 is 9.53 Å². The van der Waals surface area contributed by atoms with Crippen LogP contribution in [0.15, 0.2) is 42.5 Å². The highest BCUT2D eigenvalue weighted by atomic mass is 16.5. The van der Waals surface area contributed by atoms with Crippen LogP contribution < -0.4 is 15.4 Å². The van der Waals surface area contributed by atoms with Gasteiger partial charge in [0, 0.05) is 6.54 Å². The zero-order valence-electron chi connectivity index (χ0n) is 14.0. The maximum absolute atomic E-state index is 11.7. The van der Waals surface area contributed by atoms with Crippen molar-refractivity contribution in [3.05, 3.63) is 64.7 Å². The molecule has 0 heterocycles. The number of hydrogen-bond donors (Lipinski definition) is 2. The van der Waals surface area contributed by atoms with E-state index in [2.05, 4.69) is 22.8 Å². The van der Waals surface area contributed by atoms with E-state index in [9.17, 15) is 4.79 Å². The summed E-state index contributed by atoms with van der Waals surface area (Å²) in [7, 11) is 0. The molecular formula is C19H24N2O2. The van der Waals surface area contributed by atoms with Gasteiger partial charge in [-0.05, 0) is 49.6 Å². The van der Waals surface area contributed by atoms with E-state index in [4.69, 9.17) is 4.74 Å². The van der Waals surface area contributed by atoms with E-state index >= 15 is 0 Å². The summed E-state index contributed by atoms with van der Waals surface area (Å²) in [5, 5.41) is 5.63. The predicted molar refractivity (Wildman–Crippen MR) is 92.8 cm³/mol. The van der Waals surface area contributed by atoms with Gasteiger partial charge in [0.2, 0.25) is 0 Å². The van der Waals surface area contributed by atoms with Gasteiger partial charge in [-0.25, -0.2) is 4.79 Å². The maximum Gasteiger partial charge on any atom is 0.315 e. The highest BCUT2D eigenvalue weighted by Gasteiger charge is 2.01. The molecule has 0 aliphatic heterocycles. The number of rotatable bonds is 6. The van der Waals surface area contributed by atoms with Crippen LogP contribution >= 0.6 is 0 Å². The Labute approximate surface area is 137 Å². The fourth-order valence-electron chi connectivity index (χ4n) is 2.42. The van der Waals surface area contributed by atoms with Gasteiger partial charge in [0.05, 0.1) is 6.54 Å². The average Bonchev–Trinajstić information content (AvgIpc) is 2.49. The Morgan fingerprint density at radius 3 is 2.39 bits per heavy atom. The third kappa shape index (κ3) is 6.02. The topological polar surface area (TPSA) is 50.4 Å². The number of ether oxygens (including phenoxy) is 1. The standard InChI is InChI=1S/C19H24N2O2/c1-14-5-4-6-17(10-14)13-21-19(22)20-7-8-23-18-11-15(2)9-16(3)12-18/h4-6,9-12H,7-8,13H2,1-3H3,(H2,20,21,22). The molecule has 23 heavy (non-hydrogen) atoms. The molecule has 122 valence electrons. The van der Waals surface area contributed by atoms with Crippen molar-refractivity contribution in [2.75, 3.05) is 13.2 Å². The van der Waals surface area contributed by atoms with Crippen molar-refractivity contribution in [2.24, 2.45) is 0 Å². The Morgan fingerprint density at radius 1 is 0.957 bits per heavy atom. The summed E-state index contributed by atoms with van der Waals surface area (Å²) in [6.45, 7) is 7.54. The predicted octanol–water partition coefficient (Wildman–Crippen LogP) is 3.49. The molecule has 2 aromatic carbocycles. The van der Waals surface area contributed by atoms with Crippen LogP contribution in [-0.4, -0.2) is 19.2 Å². The molecule has 4 nitrogen and oxygen atoms in total. The van der Waals surface area contributed by atoms with Gasteiger partial charge in [-0.1, -0.05) is 35.9 Å². The van der Waals surface area contributed by atoms with Crippen molar-refractivity contribution >= 4 is 6.03 Å². The van der Waals surface area contributed by atoms with Crippen molar-refractivity contribution in [2.45, 2.75) is 27.3 Å². The second-order valence-electron chi connectivity index (χ2n) is 5.77. The zero-order chi connectivity index (χ0) is 16.7. The van der Waals surface area contributed by atoms with E-state index < -0.39 is 0 Å². The highest BCUT2D eigenvalue weighted by Crippen LogP contribution is 2.15. The van der Waals surface area contributed by atoms with E-state index in [0.717, 1.165) is 11.3 Å². The van der Waals surface area contributed by atoms with Gasteiger partial charge in [0.25, 0.3) is 0 Å². The van der Waals surface area contributed by atoms with Crippen LogP contribution in [0.5, 0.6) is 5.75 Å². The normalized spacial score (nSPS) is 10.2. The summed E-state index contributed by atoms with van der Waals surface area (Å²) in [6.07, 6.45) is 0. The number of nitrogens with one attached hydrogen (secondary N) is 2. The maximum atomic E-state index is 11.7. The summed E-state index contributed by atoms with van der Waals surface area (Å²) in [5.41, 5.74) is 4.62. The molecular weight excluding hydrogens is 288 g/mol. The number of aryl methyl sites for hydroxylation is 3. The zero-order valence-corrected chi connectivity index (χ0v) is 14.0. The largest absolute Gasteiger partial charge is 0.492 e. The summed E-state index contributed by atoms with van der Waals surface area (Å²) in [6, 6.07) is 14.0. The van der Waals surface area contributed by atoms with E-state index in [1.165, 1.54) is 16.7 Å². The van der Waals surface area contributed by atoms with Crippen LogP contribution in [0.1, 0.15) is 22.3 Å². The van der Waals surface area contributed by atoms with Gasteiger partial charge < -0.3 is 15.4 Å². The van der Waals surface area contributed by atoms with Crippen LogP contribution in [0.3, 0.4) is 0 Å². The molecule has 2 N–H and O–H groups in total. The first-order valence-electron chi connectivity index (χ1n) is 7.81. The summed E-state index contributed by atoms with van der Waals surface area (Å²) in [4.78, 5) is 11.7. The average molecular weight is 312 g/mol. The molecule has 0 aliphatic rings. The van der Waals surface area contributed by atoms with Crippen molar-refractivity contribution in [3.63, 3.8) is 0 Å². The van der Waals surface area contributed by atoms with Gasteiger partial charge in [-0.3, -0.25) is 0 Å². The van der Waals surface area contributed by atoms with E-state index in [-0.39, 0.29) is 6.03 Å². The van der Waals surface area contributed by atoms with Gasteiger partial charge in [-0.15, -0.1) is 0 Å². The van der Waals surface area contributed by atoms with Gasteiger partial charge in [0.15, 0.2) is 0 Å². The van der Waals surface area contributed by atoms with Gasteiger partial charge >= 0.3 is 6.03 Å². The van der Waals surface area contributed by atoms with E-state index in [1.54, 1.807) is 0 Å². The minimum absolute atomic E-state index is 0.185. The highest BCUT2D eigenvalue weighted by molar-refractivity contribution is 5.73. The van der Waals surface area contributed by atoms with Crippen LogP contribution in [-0.2, 0) is 6.54 Å². The molecule has 0 fully saturated rings. The minimum Gasteiger partial charge on any atom is -0.492 e. The van der Waals surface area contributed by atoms with Crippen molar-refractivity contribution in [3.8, 4) is 5.75 Å². The Hall–Kier alpha value is -2.49. The second-order valence-corrected chi connectivity index (χ2v) is 5.77. The quantitative estimate of drug-likeness (QED) is 0.802. The molecule has 0 unspecified atom stereocenters. The Morgan fingerprint density at radius 2 is 1.70 bits per heavy atom. The molecule has 0 radical (unpaired) electrons. The smallest absolute Gasteiger partial charge is 0.315 e. The molecule has 0 saturated carbocycles. The van der Waals surface area contributed by atoms with E-state index in [0.29, 0.717) is 19.7 Å². The number of benzene rings is 2. The molecule has 0 aliphatic carbocycles. The Balaban J connectivity index is 1.66. The monoisotopic (exact) mass is 312 g/mol. The molecule has 4 heteroatoms. The summed E-state index contributed by atoms with van der Waals surface area (Å²) < 4.78 is 5.65. The molecule has 2 aromatic rings. The number of hydrogen-bond acceptors (Lipinski definition) is 2. The number of urea groups is 1. The minimum atomic E-state index is -0.185. The lowest BCUT2D eigenvalue weighted by atomic mass is 10.1. The third-order valence-electron chi connectivity index (χ3n) is 3.39. The lowest BCUT2D eigenvalue weighted by Gasteiger charge is -2.10. The SMILES string of the molecule is Cc1cccc(CNC(=O)NCCOc2cc(C)cc(C)c2)c1. The summed E-state index contributed by atoms with van der Waals surface area (Å²) in [5.74, 6) is 0.837. The van der Waals surface area contributed by atoms with Crippen LogP contribution in [0, 0.1) is 20.8 Å². The molecule has 0 atom stereocenters. The van der Waals surface area contributed by atoms with Gasteiger partial charge in [0.1, 0.15) is 12.4 Å². The van der Waals surface area contributed by atoms with Crippen molar-refractivity contribution in [1.29, 1.82) is 0 Å². The van der Waals surface area contributed by atoms with Crippen LogP contribution in [0.25, 0.3) is 0 Å². The number of amides is 2. The Kier molecular flexibility index (Phi) is 6.03. The Bertz CT molecular complexity index is 648. The molecule has 2 amide bonds. The van der Waals surface area contributed by atoms with Gasteiger partial charge in [-0.2, -0.15) is 0 Å². The molecule has 2 rings (SSSR count). The van der Waals surface area contributed by atoms with Crippen LogP contribution in [0.4, 0.5) is 4.79 Å². The number of carbonyl (C=O) groups excluding carboxylic acids is 1. The molecule has 0 saturated heterocycles. The first kappa shape index (κ1) is 16.9.